The van der Waals surface area contributed by atoms with Crippen molar-refractivity contribution in [2.45, 2.75) is 19.8 Å². The third kappa shape index (κ3) is 3.99. The average molecular weight is 350 g/mol. The van der Waals surface area contributed by atoms with Gasteiger partial charge in [-0.25, -0.2) is 10.8 Å². The molecular formula is C14H16BrN5O. The SMILES string of the molecule is CCCc1cc(C(=O)Nc2ccncc2Br)cc(NN)n1. The zero-order valence-corrected chi connectivity index (χ0v) is 13.1. The number of halogens is 1. The number of nitrogens with two attached hydrogens (primary N) is 1. The van der Waals surface area contributed by atoms with Gasteiger partial charge in [-0.2, -0.15) is 0 Å². The van der Waals surface area contributed by atoms with Crippen LogP contribution >= 0.6 is 15.9 Å². The molecule has 110 valence electrons. The Kier molecular flexibility index (Phi) is 5.24. The molecule has 2 heterocycles. The van der Waals surface area contributed by atoms with Crippen molar-refractivity contribution in [3.05, 3.63) is 46.3 Å². The number of hydrazine groups is 1. The second-order valence-corrected chi connectivity index (χ2v) is 5.29. The maximum absolute atomic E-state index is 12.3. The topological polar surface area (TPSA) is 92.9 Å². The monoisotopic (exact) mass is 349 g/mol. The summed E-state index contributed by atoms with van der Waals surface area (Å²) >= 11 is 3.34. The molecule has 0 aromatic carbocycles. The first-order valence-electron chi connectivity index (χ1n) is 6.52. The lowest BCUT2D eigenvalue weighted by molar-refractivity contribution is 0.102. The molecule has 0 aliphatic rings. The maximum Gasteiger partial charge on any atom is 0.255 e. The zero-order chi connectivity index (χ0) is 15.2. The van der Waals surface area contributed by atoms with Crippen LogP contribution in [-0.2, 0) is 6.42 Å². The number of pyridine rings is 2. The molecule has 2 rings (SSSR count). The zero-order valence-electron chi connectivity index (χ0n) is 11.6. The van der Waals surface area contributed by atoms with E-state index < -0.39 is 0 Å². The Morgan fingerprint density at radius 3 is 2.90 bits per heavy atom. The quantitative estimate of drug-likeness (QED) is 0.570. The van der Waals surface area contributed by atoms with Crippen LogP contribution < -0.4 is 16.6 Å². The highest BCUT2D eigenvalue weighted by Crippen LogP contribution is 2.21. The summed E-state index contributed by atoms with van der Waals surface area (Å²) in [6.45, 7) is 2.05. The number of nitrogens with one attached hydrogen (secondary N) is 2. The molecule has 0 fully saturated rings. The van der Waals surface area contributed by atoms with E-state index in [9.17, 15) is 4.79 Å². The molecule has 0 saturated heterocycles. The molecule has 0 radical (unpaired) electrons. The number of hydrogen-bond donors (Lipinski definition) is 3. The summed E-state index contributed by atoms with van der Waals surface area (Å²) in [6.07, 6.45) is 4.96. The fraction of sp³-hybridized carbons (Fsp3) is 0.214. The maximum atomic E-state index is 12.3. The van der Waals surface area contributed by atoms with Crippen molar-refractivity contribution in [1.29, 1.82) is 0 Å². The van der Waals surface area contributed by atoms with Gasteiger partial charge in [0.25, 0.3) is 5.91 Å². The minimum absolute atomic E-state index is 0.224. The molecule has 7 heteroatoms. The van der Waals surface area contributed by atoms with Crippen LogP contribution in [0.4, 0.5) is 11.5 Å². The fourth-order valence-corrected chi connectivity index (χ4v) is 2.20. The van der Waals surface area contributed by atoms with Gasteiger partial charge in [0, 0.05) is 23.7 Å². The second-order valence-electron chi connectivity index (χ2n) is 4.44. The highest BCUT2D eigenvalue weighted by atomic mass is 79.9. The number of nitrogens with zero attached hydrogens (tertiary/aromatic N) is 2. The lowest BCUT2D eigenvalue weighted by Gasteiger charge is -2.10. The number of anilines is 2. The van der Waals surface area contributed by atoms with Crippen molar-refractivity contribution in [1.82, 2.24) is 9.97 Å². The highest BCUT2D eigenvalue weighted by molar-refractivity contribution is 9.10. The Labute approximate surface area is 131 Å². The van der Waals surface area contributed by atoms with E-state index >= 15 is 0 Å². The van der Waals surface area contributed by atoms with E-state index in [0.29, 0.717) is 17.1 Å². The summed E-state index contributed by atoms with van der Waals surface area (Å²) in [4.78, 5) is 20.6. The van der Waals surface area contributed by atoms with E-state index in [-0.39, 0.29) is 5.91 Å². The Bertz CT molecular complexity index is 647. The largest absolute Gasteiger partial charge is 0.321 e. The summed E-state index contributed by atoms with van der Waals surface area (Å²) in [7, 11) is 0. The predicted octanol–water partition coefficient (Wildman–Crippen LogP) is 2.73. The third-order valence-corrected chi connectivity index (χ3v) is 3.45. The molecule has 2 aromatic rings. The van der Waals surface area contributed by atoms with Crippen LogP contribution in [0.25, 0.3) is 0 Å². The molecule has 0 bridgehead atoms. The smallest absolute Gasteiger partial charge is 0.255 e. The van der Waals surface area contributed by atoms with Crippen LogP contribution in [0.5, 0.6) is 0 Å². The summed E-state index contributed by atoms with van der Waals surface area (Å²) in [5.41, 5.74) is 4.47. The summed E-state index contributed by atoms with van der Waals surface area (Å²) < 4.78 is 0.721. The average Bonchev–Trinajstić information content (AvgIpc) is 2.49. The highest BCUT2D eigenvalue weighted by Gasteiger charge is 2.11. The number of aryl methyl sites for hydroxylation is 1. The van der Waals surface area contributed by atoms with Crippen molar-refractivity contribution in [3.8, 4) is 0 Å². The molecule has 0 aliphatic heterocycles. The van der Waals surface area contributed by atoms with Crippen molar-refractivity contribution < 1.29 is 4.79 Å². The summed E-state index contributed by atoms with van der Waals surface area (Å²) in [6, 6.07) is 5.11. The first kappa shape index (κ1) is 15.4. The number of aromatic nitrogens is 2. The standard InChI is InChI=1S/C14H16BrN5O/c1-2-3-10-6-9(7-13(18-10)20-16)14(21)19-12-4-5-17-8-11(12)15/h4-8H,2-3,16H2,1H3,(H,18,20)(H,17,19,21). The molecule has 1 amide bonds. The Morgan fingerprint density at radius 1 is 1.43 bits per heavy atom. The molecule has 2 aromatic heterocycles. The third-order valence-electron chi connectivity index (χ3n) is 2.82. The molecule has 0 aliphatic carbocycles. The number of carbonyl (C=O) groups is 1. The van der Waals surface area contributed by atoms with Gasteiger partial charge in [-0.15, -0.1) is 0 Å². The van der Waals surface area contributed by atoms with E-state index in [2.05, 4.69) is 43.6 Å². The van der Waals surface area contributed by atoms with Gasteiger partial charge in [0.1, 0.15) is 5.82 Å². The van der Waals surface area contributed by atoms with Crippen LogP contribution in [0.15, 0.2) is 35.1 Å². The number of rotatable bonds is 5. The molecule has 0 atom stereocenters. The second kappa shape index (κ2) is 7.14. The molecular weight excluding hydrogens is 334 g/mol. The normalized spacial score (nSPS) is 10.2. The van der Waals surface area contributed by atoms with Crippen LogP contribution in [-0.4, -0.2) is 15.9 Å². The van der Waals surface area contributed by atoms with Crippen LogP contribution in [0.2, 0.25) is 0 Å². The molecule has 21 heavy (non-hydrogen) atoms. The number of amides is 1. The Balaban J connectivity index is 2.26. The van der Waals surface area contributed by atoms with Crippen LogP contribution in [0.3, 0.4) is 0 Å². The molecule has 0 unspecified atom stereocenters. The first-order valence-corrected chi connectivity index (χ1v) is 7.31. The predicted molar refractivity (Wildman–Crippen MR) is 85.9 cm³/mol. The minimum Gasteiger partial charge on any atom is -0.321 e. The first-order chi connectivity index (χ1) is 10.1. The van der Waals surface area contributed by atoms with Gasteiger partial charge in [0.05, 0.1) is 10.2 Å². The number of nitrogen functional groups attached to an aromatic ring is 1. The van der Waals surface area contributed by atoms with E-state index in [4.69, 9.17) is 5.84 Å². The lowest BCUT2D eigenvalue weighted by Crippen LogP contribution is -2.16. The number of carbonyl (C=O) groups excluding carboxylic acids is 1. The van der Waals surface area contributed by atoms with Crippen LogP contribution in [0.1, 0.15) is 29.4 Å². The van der Waals surface area contributed by atoms with E-state index in [0.717, 1.165) is 23.0 Å². The lowest BCUT2D eigenvalue weighted by atomic mass is 10.1. The molecule has 4 N–H and O–H groups in total. The van der Waals surface area contributed by atoms with Gasteiger partial charge in [-0.3, -0.25) is 9.78 Å². The fourth-order valence-electron chi connectivity index (χ4n) is 1.85. The van der Waals surface area contributed by atoms with E-state index in [1.54, 1.807) is 30.6 Å². The van der Waals surface area contributed by atoms with Gasteiger partial charge in [-0.05, 0) is 40.5 Å². The van der Waals surface area contributed by atoms with Crippen molar-refractivity contribution >= 4 is 33.3 Å². The van der Waals surface area contributed by atoms with Crippen molar-refractivity contribution in [2.24, 2.45) is 5.84 Å². The summed E-state index contributed by atoms with van der Waals surface area (Å²) in [5, 5.41) is 2.82. The summed E-state index contributed by atoms with van der Waals surface area (Å²) in [5.74, 6) is 5.65. The minimum atomic E-state index is -0.224. The molecule has 0 spiro atoms. The van der Waals surface area contributed by atoms with Crippen molar-refractivity contribution in [2.75, 3.05) is 10.7 Å². The van der Waals surface area contributed by atoms with E-state index in [1.165, 1.54) is 0 Å². The Morgan fingerprint density at radius 2 is 2.24 bits per heavy atom. The van der Waals surface area contributed by atoms with Gasteiger partial charge in [0.2, 0.25) is 0 Å². The van der Waals surface area contributed by atoms with E-state index in [1.807, 2.05) is 0 Å². The van der Waals surface area contributed by atoms with Gasteiger partial charge in [0.15, 0.2) is 0 Å². The van der Waals surface area contributed by atoms with Gasteiger partial charge >= 0.3 is 0 Å². The molecule has 0 saturated carbocycles. The van der Waals surface area contributed by atoms with Crippen LogP contribution in [0, 0.1) is 0 Å². The number of hydrogen-bond acceptors (Lipinski definition) is 5. The Hall–Kier alpha value is -1.99. The molecule has 6 nitrogen and oxygen atoms in total. The van der Waals surface area contributed by atoms with Gasteiger partial charge in [-0.1, -0.05) is 13.3 Å². The van der Waals surface area contributed by atoms with Crippen molar-refractivity contribution in [3.63, 3.8) is 0 Å². The van der Waals surface area contributed by atoms with Gasteiger partial charge < -0.3 is 10.7 Å².